The van der Waals surface area contributed by atoms with Crippen molar-refractivity contribution in [1.82, 2.24) is 0 Å². The van der Waals surface area contributed by atoms with Crippen molar-refractivity contribution in [2.24, 2.45) is 23.7 Å². The third kappa shape index (κ3) is 2.73. The molecule has 0 aromatic heterocycles. The predicted molar refractivity (Wildman–Crippen MR) is 91.9 cm³/mol. The van der Waals surface area contributed by atoms with Gasteiger partial charge in [0.15, 0.2) is 0 Å². The van der Waals surface area contributed by atoms with Crippen LogP contribution in [-0.4, -0.2) is 21.2 Å². The van der Waals surface area contributed by atoms with Gasteiger partial charge >= 0.3 is 5.97 Å². The molecule has 0 aliphatic heterocycles. The molecule has 4 unspecified atom stereocenters. The van der Waals surface area contributed by atoms with Gasteiger partial charge in [0.2, 0.25) is 0 Å². The molecule has 3 rings (SSSR count). The smallest absolute Gasteiger partial charge is 0.309 e. The van der Waals surface area contributed by atoms with Gasteiger partial charge in [-0.2, -0.15) is 0 Å². The molecule has 0 amide bonds. The summed E-state index contributed by atoms with van der Waals surface area (Å²) in [6, 6.07) is 0. The summed E-state index contributed by atoms with van der Waals surface area (Å²) in [5, 5.41) is 0. The quantitative estimate of drug-likeness (QED) is 0.457. The summed E-state index contributed by atoms with van der Waals surface area (Å²) in [6.45, 7) is 4.68. The first-order valence-electron chi connectivity index (χ1n) is 8.48. The van der Waals surface area contributed by atoms with Crippen molar-refractivity contribution < 1.29 is 9.53 Å². The highest BCUT2D eigenvalue weighted by atomic mass is 79.9. The summed E-state index contributed by atoms with van der Waals surface area (Å²) >= 11 is 8.19. The highest BCUT2D eigenvalue weighted by Crippen LogP contribution is 2.71. The fourth-order valence-electron chi connectivity index (χ4n) is 4.92. The van der Waals surface area contributed by atoms with Gasteiger partial charge in [0, 0.05) is 8.65 Å². The molecule has 21 heavy (non-hydrogen) atoms. The van der Waals surface area contributed by atoms with Crippen LogP contribution in [0.2, 0.25) is 0 Å². The molecule has 3 saturated carbocycles. The lowest BCUT2D eigenvalue weighted by Crippen LogP contribution is -2.43. The summed E-state index contributed by atoms with van der Waals surface area (Å²) in [6.07, 6.45) is 8.78. The lowest BCUT2D eigenvalue weighted by atomic mass is 9.81. The maximum Gasteiger partial charge on any atom is 0.309 e. The molecule has 4 atom stereocenters. The highest BCUT2D eigenvalue weighted by Gasteiger charge is 2.69. The average molecular weight is 422 g/mol. The van der Waals surface area contributed by atoms with Crippen molar-refractivity contribution in [2.75, 3.05) is 6.61 Å². The van der Waals surface area contributed by atoms with Gasteiger partial charge in [0.05, 0.1) is 12.5 Å². The number of unbranched alkanes of at least 4 members (excludes halogenated alkanes) is 1. The molecular weight excluding hydrogens is 396 g/mol. The molecule has 0 aromatic rings. The number of carbonyl (C=O) groups excluding carboxylic acids is 1. The van der Waals surface area contributed by atoms with E-state index < -0.39 is 0 Å². The van der Waals surface area contributed by atoms with Crippen LogP contribution in [0.5, 0.6) is 0 Å². The number of hydrogen-bond acceptors (Lipinski definition) is 2. The SMILES string of the molecule is CCCCC1CC2(Br)CC3C(CC2(Br)C1)C3C(=O)OCC. The van der Waals surface area contributed by atoms with Gasteiger partial charge in [-0.3, -0.25) is 4.79 Å². The Kier molecular flexibility index (Phi) is 4.51. The minimum atomic E-state index is 0.0437. The van der Waals surface area contributed by atoms with Gasteiger partial charge in [-0.05, 0) is 50.4 Å². The van der Waals surface area contributed by atoms with Crippen LogP contribution in [0.25, 0.3) is 0 Å². The maximum atomic E-state index is 12.1. The summed E-state index contributed by atoms with van der Waals surface area (Å²) in [5.41, 5.74) is 0. The van der Waals surface area contributed by atoms with Crippen LogP contribution in [0.4, 0.5) is 0 Å². The Bertz CT molecular complexity index is 401. The second kappa shape index (κ2) is 5.81. The van der Waals surface area contributed by atoms with Gasteiger partial charge in [0.25, 0.3) is 0 Å². The van der Waals surface area contributed by atoms with Crippen molar-refractivity contribution in [1.29, 1.82) is 0 Å². The molecule has 0 radical (unpaired) electrons. The van der Waals surface area contributed by atoms with Crippen molar-refractivity contribution in [3.8, 4) is 0 Å². The Morgan fingerprint density at radius 2 is 1.67 bits per heavy atom. The maximum absolute atomic E-state index is 12.1. The molecule has 0 heterocycles. The summed E-state index contributed by atoms with van der Waals surface area (Å²) < 4.78 is 5.64. The van der Waals surface area contributed by atoms with E-state index in [4.69, 9.17) is 4.74 Å². The second-order valence-corrected chi connectivity index (χ2v) is 10.4. The molecule has 0 aromatic carbocycles. The van der Waals surface area contributed by atoms with Gasteiger partial charge in [-0.1, -0.05) is 58.0 Å². The van der Waals surface area contributed by atoms with Gasteiger partial charge < -0.3 is 4.74 Å². The molecule has 3 aliphatic carbocycles. The average Bonchev–Trinajstić information content (AvgIpc) is 2.99. The van der Waals surface area contributed by atoms with E-state index in [-0.39, 0.29) is 20.5 Å². The van der Waals surface area contributed by atoms with Crippen molar-refractivity contribution in [3.05, 3.63) is 0 Å². The first-order valence-corrected chi connectivity index (χ1v) is 10.1. The van der Waals surface area contributed by atoms with Gasteiger partial charge in [-0.25, -0.2) is 0 Å². The van der Waals surface area contributed by atoms with Crippen LogP contribution in [0.3, 0.4) is 0 Å². The zero-order valence-electron chi connectivity index (χ0n) is 13.0. The van der Waals surface area contributed by atoms with Crippen LogP contribution in [0.1, 0.15) is 58.8 Å². The van der Waals surface area contributed by atoms with Crippen molar-refractivity contribution in [2.45, 2.75) is 67.4 Å². The van der Waals surface area contributed by atoms with E-state index in [1.165, 1.54) is 32.1 Å². The molecule has 0 N–H and O–H groups in total. The van der Waals surface area contributed by atoms with E-state index in [2.05, 4.69) is 38.8 Å². The highest BCUT2D eigenvalue weighted by molar-refractivity contribution is 9.13. The monoisotopic (exact) mass is 420 g/mol. The topological polar surface area (TPSA) is 26.3 Å². The number of halogens is 2. The Balaban J connectivity index is 1.67. The molecule has 120 valence electrons. The standard InChI is InChI=1S/C17H26Br2O2/c1-3-5-6-11-7-16(18)9-12-13(10-17(16,19)8-11)14(12)15(20)21-4-2/h11-14H,3-10H2,1-2H3. The molecule has 0 spiro atoms. The molecular formula is C17H26Br2O2. The Hall–Kier alpha value is 0.430. The second-order valence-electron chi connectivity index (χ2n) is 7.36. The van der Waals surface area contributed by atoms with Crippen molar-refractivity contribution >= 4 is 37.8 Å². The predicted octanol–water partition coefficient (Wildman–Crippen LogP) is 5.07. The van der Waals surface area contributed by atoms with Crippen LogP contribution >= 0.6 is 31.9 Å². The van der Waals surface area contributed by atoms with Crippen molar-refractivity contribution in [3.63, 3.8) is 0 Å². The molecule has 2 nitrogen and oxygen atoms in total. The minimum absolute atomic E-state index is 0.0437. The van der Waals surface area contributed by atoms with E-state index in [0.29, 0.717) is 18.4 Å². The third-order valence-corrected chi connectivity index (χ3v) is 9.35. The fraction of sp³-hybridized carbons (Fsp3) is 0.941. The Labute approximate surface area is 145 Å². The molecule has 0 bridgehead atoms. The zero-order chi connectivity index (χ0) is 15.3. The lowest BCUT2D eigenvalue weighted by Gasteiger charge is -2.41. The number of alkyl halides is 2. The number of esters is 1. The fourth-order valence-corrected chi connectivity index (χ4v) is 7.23. The first kappa shape index (κ1) is 16.3. The van der Waals surface area contributed by atoms with Crippen LogP contribution in [-0.2, 0) is 9.53 Å². The zero-order valence-corrected chi connectivity index (χ0v) is 16.2. The Morgan fingerprint density at radius 3 is 2.14 bits per heavy atom. The molecule has 3 aliphatic rings. The lowest BCUT2D eigenvalue weighted by molar-refractivity contribution is -0.145. The minimum Gasteiger partial charge on any atom is -0.466 e. The largest absolute Gasteiger partial charge is 0.466 e. The van der Waals surface area contributed by atoms with Crippen LogP contribution in [0.15, 0.2) is 0 Å². The Morgan fingerprint density at radius 1 is 1.10 bits per heavy atom. The van der Waals surface area contributed by atoms with Crippen LogP contribution < -0.4 is 0 Å². The number of carbonyl (C=O) groups is 1. The van der Waals surface area contributed by atoms with E-state index in [1.807, 2.05) is 6.92 Å². The number of fused-ring (bicyclic) bond motifs is 2. The van der Waals surface area contributed by atoms with E-state index in [0.717, 1.165) is 18.8 Å². The van der Waals surface area contributed by atoms with E-state index in [1.54, 1.807) is 0 Å². The number of hydrogen-bond donors (Lipinski definition) is 0. The summed E-state index contributed by atoms with van der Waals surface area (Å²) in [7, 11) is 0. The number of ether oxygens (including phenoxy) is 1. The molecule has 0 saturated heterocycles. The molecule has 4 heteroatoms. The summed E-state index contributed by atoms with van der Waals surface area (Å²) in [4.78, 5) is 12.1. The third-order valence-electron chi connectivity index (χ3n) is 6.00. The summed E-state index contributed by atoms with van der Waals surface area (Å²) in [5.74, 6) is 2.16. The normalized spacial score (nSPS) is 47.6. The first-order chi connectivity index (χ1) is 9.94. The van der Waals surface area contributed by atoms with Crippen LogP contribution in [0, 0.1) is 23.7 Å². The molecule has 3 fully saturated rings. The van der Waals surface area contributed by atoms with Gasteiger partial charge in [0.1, 0.15) is 0 Å². The van der Waals surface area contributed by atoms with E-state index >= 15 is 0 Å². The van der Waals surface area contributed by atoms with Gasteiger partial charge in [-0.15, -0.1) is 0 Å². The number of rotatable bonds is 5. The van der Waals surface area contributed by atoms with E-state index in [9.17, 15) is 4.79 Å².